The number of nitrogens with one attached hydrogen (secondary N) is 1. The molecule has 9 nitrogen and oxygen atoms in total. The fraction of sp³-hybridized carbons (Fsp3) is 0.235. The van der Waals surface area contributed by atoms with Gasteiger partial charge in [0.2, 0.25) is 11.9 Å². The Bertz CT molecular complexity index is 853. The number of nitrogens with two attached hydrogens (primary N) is 1. The average molecular weight is 356 g/mol. The molecule has 2 heterocycles. The van der Waals surface area contributed by atoms with Gasteiger partial charge < -0.3 is 25.3 Å². The van der Waals surface area contributed by atoms with Crippen LogP contribution in [0.4, 0.5) is 17.6 Å². The summed E-state index contributed by atoms with van der Waals surface area (Å²) in [5.74, 6) is 2.38. The quantitative estimate of drug-likeness (QED) is 0.590. The van der Waals surface area contributed by atoms with E-state index in [1.807, 2.05) is 18.2 Å². The summed E-state index contributed by atoms with van der Waals surface area (Å²) in [7, 11) is 3.20. The van der Waals surface area contributed by atoms with Crippen molar-refractivity contribution in [1.29, 1.82) is 0 Å². The summed E-state index contributed by atoms with van der Waals surface area (Å²) in [5.41, 5.74) is 6.66. The van der Waals surface area contributed by atoms with Crippen molar-refractivity contribution >= 4 is 17.6 Å². The summed E-state index contributed by atoms with van der Waals surface area (Å²) in [4.78, 5) is 8.42. The first-order valence-corrected chi connectivity index (χ1v) is 7.92. The molecule has 0 aliphatic rings. The van der Waals surface area contributed by atoms with Crippen LogP contribution in [0.1, 0.15) is 0 Å². The fourth-order valence-electron chi connectivity index (χ4n) is 2.25. The van der Waals surface area contributed by atoms with Crippen LogP contribution in [0.15, 0.2) is 42.6 Å². The topological polar surface area (TPSA) is 109 Å². The normalized spacial score (nSPS) is 10.5. The highest BCUT2D eigenvalue weighted by molar-refractivity contribution is 5.60. The molecule has 0 bridgehead atoms. The van der Waals surface area contributed by atoms with Crippen molar-refractivity contribution in [1.82, 2.24) is 19.7 Å². The third kappa shape index (κ3) is 4.01. The van der Waals surface area contributed by atoms with Crippen LogP contribution in [0, 0.1) is 0 Å². The minimum Gasteiger partial charge on any atom is -0.493 e. The second kappa shape index (κ2) is 8.17. The van der Waals surface area contributed by atoms with E-state index in [1.54, 1.807) is 38.6 Å². The molecule has 2 aromatic heterocycles. The van der Waals surface area contributed by atoms with Crippen molar-refractivity contribution in [3.05, 3.63) is 42.6 Å². The minimum absolute atomic E-state index is 0.234. The fourth-order valence-corrected chi connectivity index (χ4v) is 2.25. The maximum Gasteiger partial charge on any atom is 0.248 e. The first-order valence-electron chi connectivity index (χ1n) is 7.92. The first-order chi connectivity index (χ1) is 12.7. The standard InChI is InChI=1S/C17H20N6O3/c1-24-9-10-26-13-7-6-12(11-14(13)25-2)20-17-21-16(18)23(22-17)15-5-3-4-8-19-15/h3-8,11H,9-10H2,1-2H3,(H3,18,20,21,22). The Morgan fingerprint density at radius 3 is 2.73 bits per heavy atom. The Kier molecular flexibility index (Phi) is 5.49. The maximum absolute atomic E-state index is 5.93. The highest BCUT2D eigenvalue weighted by Crippen LogP contribution is 2.31. The summed E-state index contributed by atoms with van der Waals surface area (Å²) >= 11 is 0. The molecule has 0 spiro atoms. The van der Waals surface area contributed by atoms with Gasteiger partial charge >= 0.3 is 0 Å². The number of anilines is 3. The molecule has 0 aliphatic carbocycles. The van der Waals surface area contributed by atoms with E-state index in [2.05, 4.69) is 20.4 Å². The molecule has 3 N–H and O–H groups in total. The molecule has 0 fully saturated rings. The van der Waals surface area contributed by atoms with E-state index < -0.39 is 0 Å². The van der Waals surface area contributed by atoms with Crippen molar-refractivity contribution in [3.8, 4) is 17.3 Å². The number of rotatable bonds is 8. The molecule has 9 heteroatoms. The van der Waals surface area contributed by atoms with Crippen molar-refractivity contribution in [2.75, 3.05) is 38.5 Å². The molecule has 3 rings (SSSR count). The SMILES string of the molecule is COCCOc1ccc(Nc2nc(N)n(-c3ccccn3)n2)cc1OC. The number of methoxy groups -OCH3 is 2. The highest BCUT2D eigenvalue weighted by Gasteiger charge is 2.11. The van der Waals surface area contributed by atoms with Crippen molar-refractivity contribution in [2.24, 2.45) is 0 Å². The molecule has 0 atom stereocenters. The monoisotopic (exact) mass is 356 g/mol. The van der Waals surface area contributed by atoms with Crippen LogP contribution < -0.4 is 20.5 Å². The molecule has 0 unspecified atom stereocenters. The Labute approximate surface area is 150 Å². The lowest BCUT2D eigenvalue weighted by atomic mass is 10.3. The number of hydrogen-bond donors (Lipinski definition) is 2. The molecule has 0 amide bonds. The van der Waals surface area contributed by atoms with Gasteiger partial charge in [-0.25, -0.2) is 4.98 Å². The highest BCUT2D eigenvalue weighted by atomic mass is 16.5. The van der Waals surface area contributed by atoms with E-state index in [4.69, 9.17) is 19.9 Å². The number of benzene rings is 1. The second-order valence-corrected chi connectivity index (χ2v) is 5.23. The predicted molar refractivity (Wildman–Crippen MR) is 97.2 cm³/mol. The minimum atomic E-state index is 0.234. The lowest BCUT2D eigenvalue weighted by molar-refractivity contribution is 0.144. The summed E-state index contributed by atoms with van der Waals surface area (Å²) < 4.78 is 17.4. The molecule has 1 aromatic carbocycles. The van der Waals surface area contributed by atoms with Gasteiger partial charge in [0, 0.05) is 25.1 Å². The van der Waals surface area contributed by atoms with Crippen molar-refractivity contribution < 1.29 is 14.2 Å². The molecule has 3 aromatic rings. The van der Waals surface area contributed by atoms with E-state index in [-0.39, 0.29) is 5.95 Å². The van der Waals surface area contributed by atoms with Gasteiger partial charge in [-0.05, 0) is 24.3 Å². The number of aromatic nitrogens is 4. The molecule has 0 saturated carbocycles. The van der Waals surface area contributed by atoms with Crippen molar-refractivity contribution in [3.63, 3.8) is 0 Å². The second-order valence-electron chi connectivity index (χ2n) is 5.23. The van der Waals surface area contributed by atoms with Gasteiger partial charge in [0.05, 0.1) is 13.7 Å². The largest absolute Gasteiger partial charge is 0.493 e. The van der Waals surface area contributed by atoms with E-state index >= 15 is 0 Å². The van der Waals surface area contributed by atoms with E-state index in [9.17, 15) is 0 Å². The molecule has 26 heavy (non-hydrogen) atoms. The van der Waals surface area contributed by atoms with E-state index in [0.29, 0.717) is 36.5 Å². The number of hydrogen-bond acceptors (Lipinski definition) is 8. The summed E-state index contributed by atoms with van der Waals surface area (Å²) in [6.45, 7) is 0.934. The smallest absolute Gasteiger partial charge is 0.248 e. The van der Waals surface area contributed by atoms with Crippen LogP contribution in [0.2, 0.25) is 0 Å². The molecule has 0 saturated heterocycles. The molecule has 0 radical (unpaired) electrons. The Morgan fingerprint density at radius 1 is 1.12 bits per heavy atom. The molecular weight excluding hydrogens is 336 g/mol. The number of nitrogen functional groups attached to an aromatic ring is 1. The lowest BCUT2D eigenvalue weighted by Gasteiger charge is -2.12. The van der Waals surface area contributed by atoms with Gasteiger partial charge in [0.1, 0.15) is 6.61 Å². The summed E-state index contributed by atoms with van der Waals surface area (Å²) in [6.07, 6.45) is 1.66. The third-order valence-electron chi connectivity index (χ3n) is 3.46. The van der Waals surface area contributed by atoms with Crippen LogP contribution in [0.5, 0.6) is 11.5 Å². The number of ether oxygens (including phenoxy) is 3. The van der Waals surface area contributed by atoms with Crippen molar-refractivity contribution in [2.45, 2.75) is 0 Å². The summed E-state index contributed by atoms with van der Waals surface area (Å²) in [6, 6.07) is 10.9. The maximum atomic E-state index is 5.93. The van der Waals surface area contributed by atoms with E-state index in [0.717, 1.165) is 5.69 Å². The van der Waals surface area contributed by atoms with Gasteiger partial charge in [0.15, 0.2) is 17.3 Å². The Balaban J connectivity index is 1.77. The Hall–Kier alpha value is -3.33. The van der Waals surface area contributed by atoms with Gasteiger partial charge in [0.25, 0.3) is 0 Å². The zero-order valence-electron chi connectivity index (χ0n) is 14.5. The third-order valence-corrected chi connectivity index (χ3v) is 3.46. The molecule has 0 aliphatic heterocycles. The molecule has 136 valence electrons. The van der Waals surface area contributed by atoms with Crippen LogP contribution >= 0.6 is 0 Å². The van der Waals surface area contributed by atoms with Crippen LogP contribution in [-0.2, 0) is 4.74 Å². The number of nitrogens with zero attached hydrogens (tertiary/aromatic N) is 4. The zero-order chi connectivity index (χ0) is 18.4. The number of pyridine rings is 1. The van der Waals surface area contributed by atoms with E-state index in [1.165, 1.54) is 4.68 Å². The van der Waals surface area contributed by atoms with Crippen LogP contribution in [-0.4, -0.2) is 47.2 Å². The predicted octanol–water partition coefficient (Wildman–Crippen LogP) is 2.02. The van der Waals surface area contributed by atoms with Crippen LogP contribution in [0.25, 0.3) is 5.82 Å². The van der Waals surface area contributed by atoms with Crippen LogP contribution in [0.3, 0.4) is 0 Å². The zero-order valence-corrected chi connectivity index (χ0v) is 14.5. The first kappa shape index (κ1) is 17.5. The lowest BCUT2D eigenvalue weighted by Crippen LogP contribution is -2.05. The van der Waals surface area contributed by atoms with Gasteiger partial charge in [-0.15, -0.1) is 5.10 Å². The van der Waals surface area contributed by atoms with Gasteiger partial charge in [-0.1, -0.05) is 6.07 Å². The Morgan fingerprint density at radius 2 is 2.00 bits per heavy atom. The average Bonchev–Trinajstić information content (AvgIpc) is 3.03. The van der Waals surface area contributed by atoms with Gasteiger partial charge in [-0.3, -0.25) is 0 Å². The molecular formula is C17H20N6O3. The van der Waals surface area contributed by atoms with Gasteiger partial charge in [-0.2, -0.15) is 9.67 Å². The summed E-state index contributed by atoms with van der Waals surface area (Å²) in [5, 5.41) is 7.43.